The van der Waals surface area contributed by atoms with Gasteiger partial charge in [-0.2, -0.15) is 0 Å². The molecule has 1 fully saturated rings. The number of anilines is 1. The molecular weight excluding hydrogens is 392 g/mol. The van der Waals surface area contributed by atoms with Crippen molar-refractivity contribution in [2.45, 2.75) is 32.6 Å². The summed E-state index contributed by atoms with van der Waals surface area (Å²) in [6.45, 7) is 4.68. The number of hydrogen-bond donors (Lipinski definition) is 1. The molecular formula is C21H21F2N5O2. The molecule has 30 heavy (non-hydrogen) atoms. The first-order valence-electron chi connectivity index (χ1n) is 9.70. The minimum Gasteiger partial charge on any atom is -0.338 e. The van der Waals surface area contributed by atoms with Gasteiger partial charge in [-0.1, -0.05) is 11.2 Å². The lowest BCUT2D eigenvalue weighted by Gasteiger charge is -2.31. The second-order valence-corrected chi connectivity index (χ2v) is 7.32. The number of rotatable bonds is 3. The SMILES string of the molecule is Cc1noc(NC(=O)N2CCC(c3nccc(-c4cccc(F)c4F)n3)CC2)c1C. The summed E-state index contributed by atoms with van der Waals surface area (Å²) in [6, 6.07) is 5.33. The third-order valence-electron chi connectivity index (χ3n) is 5.43. The predicted molar refractivity (Wildman–Crippen MR) is 106 cm³/mol. The zero-order chi connectivity index (χ0) is 21.3. The highest BCUT2D eigenvalue weighted by molar-refractivity contribution is 5.88. The van der Waals surface area contributed by atoms with Gasteiger partial charge in [0.15, 0.2) is 11.6 Å². The lowest BCUT2D eigenvalue weighted by atomic mass is 9.96. The summed E-state index contributed by atoms with van der Waals surface area (Å²) < 4.78 is 32.8. The number of nitrogens with zero attached hydrogens (tertiary/aromatic N) is 4. The fourth-order valence-corrected chi connectivity index (χ4v) is 3.47. The molecule has 9 heteroatoms. The molecule has 0 saturated carbocycles. The molecule has 4 rings (SSSR count). The fourth-order valence-electron chi connectivity index (χ4n) is 3.47. The predicted octanol–water partition coefficient (Wildman–Crippen LogP) is 4.44. The molecule has 1 aliphatic heterocycles. The van der Waals surface area contributed by atoms with Gasteiger partial charge < -0.3 is 9.42 Å². The van der Waals surface area contributed by atoms with E-state index in [0.29, 0.717) is 43.3 Å². The molecule has 1 aromatic carbocycles. The van der Waals surface area contributed by atoms with Crippen LogP contribution < -0.4 is 5.32 Å². The largest absolute Gasteiger partial charge is 0.338 e. The molecule has 1 saturated heterocycles. The summed E-state index contributed by atoms with van der Waals surface area (Å²) in [5.41, 5.74) is 1.98. The Bertz CT molecular complexity index is 1080. The smallest absolute Gasteiger partial charge is 0.324 e. The van der Waals surface area contributed by atoms with Gasteiger partial charge in [-0.3, -0.25) is 5.32 Å². The number of halogens is 2. The van der Waals surface area contributed by atoms with Gasteiger partial charge in [0, 0.05) is 36.3 Å². The van der Waals surface area contributed by atoms with E-state index in [1.54, 1.807) is 17.2 Å². The maximum Gasteiger partial charge on any atom is 0.324 e. The summed E-state index contributed by atoms with van der Waals surface area (Å²) in [5.74, 6) is -0.888. The molecule has 2 amide bonds. The number of urea groups is 1. The van der Waals surface area contributed by atoms with Crippen LogP contribution in [-0.2, 0) is 0 Å². The average Bonchev–Trinajstić information content (AvgIpc) is 3.08. The highest BCUT2D eigenvalue weighted by atomic mass is 19.2. The van der Waals surface area contributed by atoms with Crippen molar-refractivity contribution < 1.29 is 18.1 Å². The highest BCUT2D eigenvalue weighted by Crippen LogP contribution is 2.29. The fraction of sp³-hybridized carbons (Fsp3) is 0.333. The van der Waals surface area contributed by atoms with Crippen molar-refractivity contribution in [2.24, 2.45) is 0 Å². The Balaban J connectivity index is 1.42. The molecule has 0 spiro atoms. The van der Waals surface area contributed by atoms with Crippen molar-refractivity contribution >= 4 is 11.9 Å². The number of hydrogen-bond acceptors (Lipinski definition) is 5. The van der Waals surface area contributed by atoms with E-state index >= 15 is 0 Å². The van der Waals surface area contributed by atoms with Crippen molar-refractivity contribution in [1.82, 2.24) is 20.0 Å². The zero-order valence-corrected chi connectivity index (χ0v) is 16.7. The van der Waals surface area contributed by atoms with Gasteiger partial charge in [-0.25, -0.2) is 23.5 Å². The Morgan fingerprint density at radius 3 is 2.67 bits per heavy atom. The van der Waals surface area contributed by atoms with Crippen LogP contribution in [0.15, 0.2) is 35.0 Å². The van der Waals surface area contributed by atoms with Crippen molar-refractivity contribution in [2.75, 3.05) is 18.4 Å². The molecule has 0 radical (unpaired) electrons. The van der Waals surface area contributed by atoms with Gasteiger partial charge in [-0.15, -0.1) is 0 Å². The molecule has 2 aromatic heterocycles. The third-order valence-corrected chi connectivity index (χ3v) is 5.43. The third kappa shape index (κ3) is 3.87. The first-order chi connectivity index (χ1) is 14.4. The Kier molecular flexibility index (Phi) is 5.43. The number of carbonyl (C=O) groups excluding carboxylic acids is 1. The van der Waals surface area contributed by atoms with Gasteiger partial charge in [-0.05, 0) is 44.9 Å². The average molecular weight is 413 g/mol. The van der Waals surface area contributed by atoms with Gasteiger partial charge >= 0.3 is 6.03 Å². The minimum absolute atomic E-state index is 0.0277. The Hall–Kier alpha value is -3.36. The molecule has 1 N–H and O–H groups in total. The lowest BCUT2D eigenvalue weighted by molar-refractivity contribution is 0.192. The summed E-state index contributed by atoms with van der Waals surface area (Å²) in [6.07, 6.45) is 2.88. The van der Waals surface area contributed by atoms with Gasteiger partial charge in [0.05, 0.1) is 11.4 Å². The monoisotopic (exact) mass is 413 g/mol. The van der Waals surface area contributed by atoms with Gasteiger partial charge in [0.1, 0.15) is 5.82 Å². The molecule has 0 unspecified atom stereocenters. The Labute approximate surface area is 172 Å². The number of piperidine rings is 1. The van der Waals surface area contributed by atoms with E-state index in [4.69, 9.17) is 4.52 Å². The molecule has 1 aliphatic rings. The molecule has 0 atom stereocenters. The highest BCUT2D eigenvalue weighted by Gasteiger charge is 2.27. The molecule has 7 nitrogen and oxygen atoms in total. The van der Waals surface area contributed by atoms with Gasteiger partial charge in [0.2, 0.25) is 5.88 Å². The van der Waals surface area contributed by atoms with Crippen LogP contribution in [0.3, 0.4) is 0 Å². The van der Waals surface area contributed by atoms with E-state index in [-0.39, 0.29) is 17.5 Å². The maximum atomic E-state index is 14.1. The van der Waals surface area contributed by atoms with E-state index in [9.17, 15) is 13.6 Å². The van der Waals surface area contributed by atoms with Crippen LogP contribution >= 0.6 is 0 Å². The van der Waals surface area contributed by atoms with Crippen LogP contribution in [0.25, 0.3) is 11.3 Å². The van der Waals surface area contributed by atoms with Crippen LogP contribution in [0.1, 0.15) is 35.8 Å². The minimum atomic E-state index is -0.924. The number of amides is 2. The quantitative estimate of drug-likeness (QED) is 0.686. The van der Waals surface area contributed by atoms with E-state index in [1.807, 2.05) is 13.8 Å². The summed E-state index contributed by atoms with van der Waals surface area (Å²) in [7, 11) is 0. The Morgan fingerprint density at radius 2 is 1.97 bits per heavy atom. The molecule has 156 valence electrons. The normalized spacial score (nSPS) is 14.7. The van der Waals surface area contributed by atoms with Crippen LogP contribution in [-0.4, -0.2) is 39.1 Å². The number of aryl methyl sites for hydroxylation is 1. The first-order valence-corrected chi connectivity index (χ1v) is 9.70. The van der Waals surface area contributed by atoms with Crippen molar-refractivity contribution in [1.29, 1.82) is 0 Å². The zero-order valence-electron chi connectivity index (χ0n) is 16.7. The van der Waals surface area contributed by atoms with E-state index in [2.05, 4.69) is 20.4 Å². The van der Waals surface area contributed by atoms with E-state index in [1.165, 1.54) is 12.1 Å². The number of nitrogens with one attached hydrogen (secondary N) is 1. The summed E-state index contributed by atoms with van der Waals surface area (Å²) in [4.78, 5) is 23.0. The second-order valence-electron chi connectivity index (χ2n) is 7.32. The van der Waals surface area contributed by atoms with Crippen molar-refractivity contribution in [3.63, 3.8) is 0 Å². The van der Waals surface area contributed by atoms with Crippen LogP contribution in [0.2, 0.25) is 0 Å². The van der Waals surface area contributed by atoms with Crippen molar-refractivity contribution in [3.8, 4) is 11.3 Å². The summed E-state index contributed by atoms with van der Waals surface area (Å²) >= 11 is 0. The van der Waals surface area contributed by atoms with Crippen molar-refractivity contribution in [3.05, 3.63) is 59.2 Å². The number of carbonyl (C=O) groups is 1. The molecule has 0 bridgehead atoms. The molecule has 3 aromatic rings. The van der Waals surface area contributed by atoms with Gasteiger partial charge in [0.25, 0.3) is 0 Å². The molecule has 3 heterocycles. The first kappa shape index (κ1) is 19.9. The second kappa shape index (κ2) is 8.17. The van der Waals surface area contributed by atoms with Crippen LogP contribution in [0, 0.1) is 25.5 Å². The number of benzene rings is 1. The van der Waals surface area contributed by atoms with E-state index < -0.39 is 11.6 Å². The molecule has 0 aliphatic carbocycles. The number of aromatic nitrogens is 3. The lowest BCUT2D eigenvalue weighted by Crippen LogP contribution is -2.40. The maximum absolute atomic E-state index is 14.1. The topological polar surface area (TPSA) is 84.2 Å². The number of likely N-dealkylation sites (tertiary alicyclic amines) is 1. The van der Waals surface area contributed by atoms with Crippen LogP contribution in [0.5, 0.6) is 0 Å². The van der Waals surface area contributed by atoms with E-state index in [0.717, 1.165) is 17.3 Å². The standard InChI is InChI=1S/C21H21F2N5O2/c1-12-13(2)27-30-20(12)26-21(29)28-10-7-14(8-11-28)19-24-9-6-17(25-19)15-4-3-5-16(22)18(15)23/h3-6,9,14H,7-8,10-11H2,1-2H3,(H,26,29). The summed E-state index contributed by atoms with van der Waals surface area (Å²) in [5, 5.41) is 6.58. The van der Waals surface area contributed by atoms with Crippen LogP contribution in [0.4, 0.5) is 19.5 Å². The Morgan fingerprint density at radius 1 is 1.20 bits per heavy atom.